The van der Waals surface area contributed by atoms with Crippen molar-refractivity contribution in [2.24, 2.45) is 0 Å². The topological polar surface area (TPSA) is 99.1 Å². The first-order valence-electron chi connectivity index (χ1n) is 7.75. The van der Waals surface area contributed by atoms with E-state index in [2.05, 4.69) is 0 Å². The molecule has 0 aliphatic heterocycles. The van der Waals surface area contributed by atoms with Crippen LogP contribution in [-0.2, 0) is 14.2 Å². The molecule has 0 amide bonds. The number of phenols is 1. The quantitative estimate of drug-likeness (QED) is 0.648. The summed E-state index contributed by atoms with van der Waals surface area (Å²) in [5.74, 6) is -3.04. The SMILES string of the molecule is CCOC(=O)c1c(O)cc(C(=O)OC)c(C(=O)OC)c1-c1ccccc1. The van der Waals surface area contributed by atoms with Crippen molar-refractivity contribution < 1.29 is 33.7 Å². The Morgan fingerprint density at radius 1 is 0.923 bits per heavy atom. The number of aromatic hydroxyl groups is 1. The van der Waals surface area contributed by atoms with Crippen LogP contribution in [0.2, 0.25) is 0 Å². The van der Waals surface area contributed by atoms with E-state index in [0.29, 0.717) is 5.56 Å². The van der Waals surface area contributed by atoms with Gasteiger partial charge in [-0.2, -0.15) is 0 Å². The van der Waals surface area contributed by atoms with E-state index in [1.165, 1.54) is 0 Å². The van der Waals surface area contributed by atoms with E-state index in [9.17, 15) is 19.5 Å². The van der Waals surface area contributed by atoms with Gasteiger partial charge in [0.15, 0.2) is 0 Å². The highest BCUT2D eigenvalue weighted by molar-refractivity contribution is 6.13. The molecule has 0 unspecified atom stereocenters. The van der Waals surface area contributed by atoms with E-state index in [1.807, 2.05) is 0 Å². The molecule has 0 saturated carbocycles. The summed E-state index contributed by atoms with van der Waals surface area (Å²) >= 11 is 0. The second-order valence-electron chi connectivity index (χ2n) is 5.14. The summed E-state index contributed by atoms with van der Waals surface area (Å²) in [6, 6.07) is 9.38. The summed E-state index contributed by atoms with van der Waals surface area (Å²) in [7, 11) is 2.29. The number of rotatable bonds is 5. The Morgan fingerprint density at radius 2 is 1.54 bits per heavy atom. The second-order valence-corrected chi connectivity index (χ2v) is 5.14. The molecule has 0 bridgehead atoms. The van der Waals surface area contributed by atoms with Gasteiger partial charge in [-0.3, -0.25) is 0 Å². The smallest absolute Gasteiger partial charge is 0.342 e. The highest BCUT2D eigenvalue weighted by Crippen LogP contribution is 2.37. The van der Waals surface area contributed by atoms with Crippen LogP contribution in [0.25, 0.3) is 11.1 Å². The molecule has 2 aromatic carbocycles. The predicted molar refractivity (Wildman–Crippen MR) is 92.2 cm³/mol. The lowest BCUT2D eigenvalue weighted by molar-refractivity contribution is 0.0519. The third-order valence-corrected chi connectivity index (χ3v) is 3.64. The van der Waals surface area contributed by atoms with Crippen molar-refractivity contribution in [3.8, 4) is 16.9 Å². The molecule has 0 fully saturated rings. The molecular formula is C19H18O7. The maximum atomic E-state index is 12.4. The highest BCUT2D eigenvalue weighted by Gasteiger charge is 2.31. The minimum absolute atomic E-state index is 0.0382. The Kier molecular flexibility index (Phi) is 5.95. The maximum Gasteiger partial charge on any atom is 0.342 e. The van der Waals surface area contributed by atoms with Gasteiger partial charge >= 0.3 is 17.9 Å². The molecule has 0 spiro atoms. The van der Waals surface area contributed by atoms with Gasteiger partial charge in [0, 0.05) is 5.56 Å². The van der Waals surface area contributed by atoms with Gasteiger partial charge in [-0.1, -0.05) is 30.3 Å². The lowest BCUT2D eigenvalue weighted by atomic mass is 9.89. The Hall–Kier alpha value is -3.35. The van der Waals surface area contributed by atoms with Crippen LogP contribution in [0, 0.1) is 0 Å². The van der Waals surface area contributed by atoms with Crippen LogP contribution >= 0.6 is 0 Å². The Labute approximate surface area is 150 Å². The van der Waals surface area contributed by atoms with E-state index in [-0.39, 0.29) is 28.9 Å². The van der Waals surface area contributed by atoms with Gasteiger partial charge in [-0.25, -0.2) is 14.4 Å². The zero-order valence-corrected chi connectivity index (χ0v) is 14.6. The summed E-state index contributed by atoms with van der Waals surface area (Å²) in [6.07, 6.45) is 0. The number of hydrogen-bond acceptors (Lipinski definition) is 7. The Bertz CT molecular complexity index is 841. The largest absolute Gasteiger partial charge is 0.507 e. The molecule has 1 N–H and O–H groups in total. The lowest BCUT2D eigenvalue weighted by Crippen LogP contribution is -2.17. The molecule has 0 heterocycles. The van der Waals surface area contributed by atoms with E-state index < -0.39 is 23.7 Å². The van der Waals surface area contributed by atoms with Gasteiger partial charge in [-0.15, -0.1) is 0 Å². The number of carbonyl (C=O) groups excluding carboxylic acids is 3. The number of carbonyl (C=O) groups is 3. The lowest BCUT2D eigenvalue weighted by Gasteiger charge is -2.17. The van der Waals surface area contributed by atoms with Gasteiger partial charge in [0.05, 0.1) is 32.0 Å². The van der Waals surface area contributed by atoms with E-state index in [1.54, 1.807) is 37.3 Å². The van der Waals surface area contributed by atoms with Crippen LogP contribution < -0.4 is 0 Å². The average Bonchev–Trinajstić information content (AvgIpc) is 2.66. The third-order valence-electron chi connectivity index (χ3n) is 3.64. The first kappa shape index (κ1) is 19.0. The molecule has 2 rings (SSSR count). The minimum atomic E-state index is -0.853. The van der Waals surface area contributed by atoms with Gasteiger partial charge in [0.25, 0.3) is 0 Å². The van der Waals surface area contributed by atoms with Crippen LogP contribution in [0.5, 0.6) is 5.75 Å². The van der Waals surface area contributed by atoms with Crippen molar-refractivity contribution in [3.05, 3.63) is 53.1 Å². The molecule has 0 atom stereocenters. The molecule has 26 heavy (non-hydrogen) atoms. The van der Waals surface area contributed by atoms with Crippen LogP contribution in [0.4, 0.5) is 0 Å². The predicted octanol–water partition coefficient (Wildman–Crippen LogP) is 2.81. The normalized spacial score (nSPS) is 10.1. The molecular weight excluding hydrogens is 340 g/mol. The minimum Gasteiger partial charge on any atom is -0.507 e. The van der Waals surface area contributed by atoms with Gasteiger partial charge in [-0.05, 0) is 18.6 Å². The zero-order chi connectivity index (χ0) is 19.3. The number of methoxy groups -OCH3 is 2. The molecule has 2 aromatic rings. The number of hydrogen-bond donors (Lipinski definition) is 1. The van der Waals surface area contributed by atoms with Crippen LogP contribution in [0.1, 0.15) is 38.0 Å². The first-order valence-corrected chi connectivity index (χ1v) is 7.75. The standard InChI is InChI=1S/C19H18O7/c1-4-26-19(23)16-13(20)10-12(17(21)24-2)15(18(22)25-3)14(16)11-8-6-5-7-9-11/h5-10,20H,4H2,1-3H3. The number of benzene rings is 2. The molecule has 0 radical (unpaired) electrons. The highest BCUT2D eigenvalue weighted by atomic mass is 16.5. The van der Waals surface area contributed by atoms with E-state index >= 15 is 0 Å². The molecule has 0 aromatic heterocycles. The van der Waals surface area contributed by atoms with Crippen molar-refractivity contribution in [1.82, 2.24) is 0 Å². The molecule has 7 heteroatoms. The fourth-order valence-electron chi connectivity index (χ4n) is 2.56. The maximum absolute atomic E-state index is 12.4. The number of phenolic OH excluding ortho intramolecular Hbond substituents is 1. The van der Waals surface area contributed by atoms with E-state index in [0.717, 1.165) is 20.3 Å². The second kappa shape index (κ2) is 8.15. The first-order chi connectivity index (χ1) is 12.5. The Balaban J connectivity index is 2.96. The third kappa shape index (κ3) is 3.51. The fourth-order valence-corrected chi connectivity index (χ4v) is 2.56. The van der Waals surface area contributed by atoms with Crippen LogP contribution in [-0.4, -0.2) is 43.8 Å². The van der Waals surface area contributed by atoms with Crippen molar-refractivity contribution in [3.63, 3.8) is 0 Å². The number of esters is 3. The molecule has 136 valence electrons. The van der Waals surface area contributed by atoms with Gasteiger partial charge < -0.3 is 19.3 Å². The monoisotopic (exact) mass is 358 g/mol. The van der Waals surface area contributed by atoms with Crippen LogP contribution in [0.3, 0.4) is 0 Å². The summed E-state index contributed by atoms with van der Waals surface area (Å²) in [6.45, 7) is 1.68. The fraction of sp³-hybridized carbons (Fsp3) is 0.211. The molecule has 0 saturated heterocycles. The summed E-state index contributed by atoms with van der Waals surface area (Å²) in [5, 5.41) is 10.4. The zero-order valence-electron chi connectivity index (χ0n) is 14.6. The van der Waals surface area contributed by atoms with Gasteiger partial charge in [0.1, 0.15) is 11.3 Å². The summed E-state index contributed by atoms with van der Waals surface area (Å²) in [4.78, 5) is 37.0. The van der Waals surface area contributed by atoms with Crippen molar-refractivity contribution in [2.75, 3.05) is 20.8 Å². The van der Waals surface area contributed by atoms with Gasteiger partial charge in [0.2, 0.25) is 0 Å². The average molecular weight is 358 g/mol. The van der Waals surface area contributed by atoms with Crippen molar-refractivity contribution in [1.29, 1.82) is 0 Å². The summed E-state index contributed by atoms with van der Waals surface area (Å²) < 4.78 is 14.5. The Morgan fingerprint density at radius 3 is 2.08 bits per heavy atom. The molecule has 0 aliphatic carbocycles. The van der Waals surface area contributed by atoms with E-state index in [4.69, 9.17) is 14.2 Å². The molecule has 0 aliphatic rings. The summed E-state index contributed by atoms with van der Waals surface area (Å²) in [5.41, 5.74) is -0.172. The number of ether oxygens (including phenoxy) is 3. The van der Waals surface area contributed by atoms with Crippen molar-refractivity contribution in [2.45, 2.75) is 6.92 Å². The molecule has 7 nitrogen and oxygen atoms in total. The van der Waals surface area contributed by atoms with Crippen molar-refractivity contribution >= 4 is 17.9 Å². The van der Waals surface area contributed by atoms with Crippen LogP contribution in [0.15, 0.2) is 36.4 Å².